The van der Waals surface area contributed by atoms with Crippen LogP contribution in [0.4, 0.5) is 0 Å². The van der Waals surface area contributed by atoms with Crippen LogP contribution in [0, 0.1) is 0 Å². The van der Waals surface area contributed by atoms with Crippen LogP contribution in [0.3, 0.4) is 0 Å². The summed E-state index contributed by atoms with van der Waals surface area (Å²) in [7, 11) is 0. The van der Waals surface area contributed by atoms with Crippen LogP contribution in [0.1, 0.15) is 14.4 Å². The van der Waals surface area contributed by atoms with Gasteiger partial charge in [-0.3, -0.25) is 0 Å². The van der Waals surface area contributed by atoms with E-state index in [1.165, 1.54) is 50.7 Å². The van der Waals surface area contributed by atoms with Crippen LogP contribution in [0.5, 0.6) is 0 Å². The van der Waals surface area contributed by atoms with Crippen molar-refractivity contribution in [3.05, 3.63) is 139 Å². The van der Waals surface area contributed by atoms with Gasteiger partial charge in [0.1, 0.15) is 0 Å². The van der Waals surface area contributed by atoms with Crippen molar-refractivity contribution in [2.24, 2.45) is 0 Å². The SMILES string of the molecule is C(=C1C=C(c2ccc[se]2)SC(c2ccc[se]2)=C1)c1cc(-c2ccccc2)[s+]c(-c2ccccc2)c1. The molecule has 0 amide bonds. The monoisotopic (exact) mass is 617 g/mol. The summed E-state index contributed by atoms with van der Waals surface area (Å²) in [4.78, 5) is 9.98. The fraction of sp³-hybridized carbons (Fsp3) is 0. The zero-order valence-corrected chi connectivity index (χ0v) is 23.8. The molecule has 6 rings (SSSR count). The molecule has 0 N–H and O–H groups in total. The van der Waals surface area contributed by atoms with Gasteiger partial charge in [0.15, 0.2) is 0 Å². The standard InChI is InChI=1S/C31H21S2Se2/c1-3-9-24(10-4-1)26-18-22(19-27(32-26)25-11-5-2-6-12-25)17-23-20-28(30-13-7-15-34-30)33-29(21-23)31-14-8-16-35-31/h1-21H/q+1. The summed E-state index contributed by atoms with van der Waals surface area (Å²) in [5.41, 5.74) is 5.03. The Kier molecular flexibility index (Phi) is 7.02. The van der Waals surface area contributed by atoms with E-state index >= 15 is 0 Å². The molecule has 3 aromatic heterocycles. The van der Waals surface area contributed by atoms with Crippen molar-refractivity contribution in [3.8, 4) is 20.9 Å². The second-order valence-electron chi connectivity index (χ2n) is 8.07. The Hall–Kier alpha value is -2.42. The first-order valence-corrected chi connectivity index (χ1v) is 16.6. The van der Waals surface area contributed by atoms with E-state index in [4.69, 9.17) is 0 Å². The van der Waals surface area contributed by atoms with Crippen molar-refractivity contribution in [1.29, 1.82) is 0 Å². The molecule has 35 heavy (non-hydrogen) atoms. The molecule has 0 unspecified atom stereocenters. The number of hydrogen-bond acceptors (Lipinski definition) is 1. The number of thioether (sulfide) groups is 1. The molecule has 0 spiro atoms. The van der Waals surface area contributed by atoms with Crippen LogP contribution in [-0.4, -0.2) is 29.0 Å². The number of hydrogen-bond donors (Lipinski definition) is 0. The van der Waals surface area contributed by atoms with Gasteiger partial charge in [0.25, 0.3) is 0 Å². The zero-order valence-electron chi connectivity index (χ0n) is 18.8. The van der Waals surface area contributed by atoms with Gasteiger partial charge in [-0.1, -0.05) is 0 Å². The Bertz CT molecular complexity index is 1420. The molecule has 4 heterocycles. The molecule has 1 aliphatic heterocycles. The molecule has 0 bridgehead atoms. The maximum absolute atomic E-state index is 2.38. The normalized spacial score (nSPS) is 13.3. The van der Waals surface area contributed by atoms with Crippen LogP contribution < -0.4 is 0 Å². The summed E-state index contributed by atoms with van der Waals surface area (Å²) < 4.78 is 2.95. The van der Waals surface area contributed by atoms with Crippen LogP contribution >= 0.6 is 23.1 Å². The van der Waals surface area contributed by atoms with Gasteiger partial charge in [-0.05, 0) is 0 Å². The van der Waals surface area contributed by atoms with Gasteiger partial charge in [0.2, 0.25) is 0 Å². The van der Waals surface area contributed by atoms with E-state index in [0.717, 1.165) is 0 Å². The summed E-state index contributed by atoms with van der Waals surface area (Å²) in [5, 5.41) is 0. The second kappa shape index (κ2) is 10.7. The molecular weight excluding hydrogens is 594 g/mol. The van der Waals surface area contributed by atoms with Gasteiger partial charge in [-0.25, -0.2) is 0 Å². The summed E-state index contributed by atoms with van der Waals surface area (Å²) >= 11 is 4.64. The number of benzene rings is 2. The topological polar surface area (TPSA) is 0 Å². The fourth-order valence-corrected chi connectivity index (χ4v) is 9.76. The summed E-state index contributed by atoms with van der Waals surface area (Å²) in [5.74, 6) is 0. The van der Waals surface area contributed by atoms with Gasteiger partial charge in [-0.15, -0.1) is 0 Å². The van der Waals surface area contributed by atoms with Crippen molar-refractivity contribution < 1.29 is 0 Å². The first kappa shape index (κ1) is 23.0. The Morgan fingerprint density at radius 1 is 0.600 bits per heavy atom. The Balaban J connectivity index is 1.49. The maximum atomic E-state index is 2.38. The number of allylic oxidation sites excluding steroid dienone is 3. The predicted molar refractivity (Wildman–Crippen MR) is 158 cm³/mol. The molecule has 1 aliphatic rings. The molecule has 0 atom stereocenters. The van der Waals surface area contributed by atoms with Crippen molar-refractivity contribution >= 4 is 68.0 Å². The quantitative estimate of drug-likeness (QED) is 0.141. The van der Waals surface area contributed by atoms with E-state index in [1.54, 1.807) is 0 Å². The van der Waals surface area contributed by atoms with Gasteiger partial charge in [0.05, 0.1) is 0 Å². The van der Waals surface area contributed by atoms with Gasteiger partial charge < -0.3 is 0 Å². The average Bonchev–Trinajstić information content (AvgIpc) is 3.65. The second-order valence-corrected chi connectivity index (χ2v) is 14.2. The Labute approximate surface area is 226 Å². The van der Waals surface area contributed by atoms with Crippen LogP contribution in [0.25, 0.3) is 36.8 Å². The molecule has 0 nitrogen and oxygen atoms in total. The van der Waals surface area contributed by atoms with Crippen LogP contribution in [0.15, 0.2) is 125 Å². The third kappa shape index (κ3) is 5.39. The van der Waals surface area contributed by atoms with Crippen LogP contribution in [0.2, 0.25) is 0 Å². The van der Waals surface area contributed by atoms with Crippen molar-refractivity contribution in [3.63, 3.8) is 0 Å². The zero-order chi connectivity index (χ0) is 23.5. The molecule has 5 aromatic rings. The van der Waals surface area contributed by atoms with E-state index in [-0.39, 0.29) is 0 Å². The predicted octanol–water partition coefficient (Wildman–Crippen LogP) is 8.69. The molecule has 0 radical (unpaired) electrons. The molecule has 0 saturated heterocycles. The summed E-state index contributed by atoms with van der Waals surface area (Å²) in [6.45, 7) is 0. The molecule has 0 fully saturated rings. The first-order chi connectivity index (χ1) is 17.3. The Morgan fingerprint density at radius 2 is 1.11 bits per heavy atom. The summed E-state index contributed by atoms with van der Waals surface area (Å²) in [6, 6.07) is 35.1. The van der Waals surface area contributed by atoms with E-state index in [1.807, 2.05) is 23.1 Å². The Morgan fingerprint density at radius 3 is 1.57 bits per heavy atom. The minimum absolute atomic E-state index is 0.426. The molecular formula is C31H21S2Se2+. The molecule has 2 aromatic carbocycles. The van der Waals surface area contributed by atoms with Gasteiger partial charge >= 0.3 is 228 Å². The molecule has 0 aliphatic carbocycles. The molecule has 4 heteroatoms. The van der Waals surface area contributed by atoms with Gasteiger partial charge in [-0.2, -0.15) is 0 Å². The van der Waals surface area contributed by atoms with E-state index in [2.05, 4.69) is 125 Å². The first-order valence-electron chi connectivity index (χ1n) is 11.3. The number of rotatable bonds is 5. The molecule has 168 valence electrons. The third-order valence-corrected chi connectivity index (χ3v) is 12.2. The van der Waals surface area contributed by atoms with E-state index < -0.39 is 0 Å². The van der Waals surface area contributed by atoms with Crippen molar-refractivity contribution in [1.82, 2.24) is 0 Å². The van der Waals surface area contributed by atoms with Crippen molar-refractivity contribution in [2.45, 2.75) is 0 Å². The molecule has 0 saturated carbocycles. The summed E-state index contributed by atoms with van der Waals surface area (Å²) in [6.07, 6.45) is 7.12. The van der Waals surface area contributed by atoms with E-state index in [0.29, 0.717) is 29.0 Å². The fourth-order valence-electron chi connectivity index (χ4n) is 3.97. The average molecular weight is 616 g/mol. The van der Waals surface area contributed by atoms with Crippen molar-refractivity contribution in [2.75, 3.05) is 0 Å². The van der Waals surface area contributed by atoms with E-state index in [9.17, 15) is 0 Å². The van der Waals surface area contributed by atoms with Gasteiger partial charge in [0, 0.05) is 0 Å². The third-order valence-electron chi connectivity index (χ3n) is 5.61. The minimum atomic E-state index is 0.426. The van der Waals surface area contributed by atoms with Crippen LogP contribution in [-0.2, 0) is 0 Å².